The fourth-order valence-electron chi connectivity index (χ4n) is 0.919. The highest BCUT2D eigenvalue weighted by molar-refractivity contribution is 7.73. The van der Waals surface area contributed by atoms with E-state index in [1.807, 2.05) is 6.92 Å². The average Bonchev–Trinajstić information content (AvgIpc) is 2.29. The molecule has 12 heavy (non-hydrogen) atoms. The molecule has 0 saturated carbocycles. The normalized spacial score (nSPS) is 12.0. The summed E-state index contributed by atoms with van der Waals surface area (Å²) in [4.78, 5) is 4.18. The summed E-state index contributed by atoms with van der Waals surface area (Å²) < 4.78 is 11.8. The van der Waals surface area contributed by atoms with Crippen LogP contribution >= 0.6 is 18.8 Å². The van der Waals surface area contributed by atoms with Crippen LogP contribution < -0.4 is 15.6 Å². The van der Waals surface area contributed by atoms with E-state index in [1.165, 1.54) is 11.3 Å². The van der Waals surface area contributed by atoms with Crippen molar-refractivity contribution in [2.45, 2.75) is 20.3 Å². The summed E-state index contributed by atoms with van der Waals surface area (Å²) in [6.07, 6.45) is 0.825. The third-order valence-electron chi connectivity index (χ3n) is 1.44. The van der Waals surface area contributed by atoms with Crippen LogP contribution in [0.4, 0.5) is 0 Å². The van der Waals surface area contributed by atoms with Gasteiger partial charge in [0.25, 0.3) is 0 Å². The largest absolute Gasteiger partial charge is 0.283 e. The summed E-state index contributed by atoms with van der Waals surface area (Å²) in [5, 5.41) is 0.929. The van der Waals surface area contributed by atoms with Crippen LogP contribution in [0.2, 0.25) is 0 Å². The van der Waals surface area contributed by atoms with Gasteiger partial charge in [0, 0.05) is 0 Å². The van der Waals surface area contributed by atoms with E-state index < -0.39 is 7.44 Å². The van der Waals surface area contributed by atoms with Gasteiger partial charge in [-0.25, -0.2) is 4.98 Å². The Morgan fingerprint density at radius 3 is 2.42 bits per heavy atom. The Morgan fingerprint density at radius 2 is 2.17 bits per heavy atom. The number of hydrogen-bond acceptors (Lipinski definition) is 3. The molecule has 0 aromatic carbocycles. The zero-order chi connectivity index (χ0) is 9.35. The van der Waals surface area contributed by atoms with Gasteiger partial charge in [-0.15, -0.1) is 11.3 Å². The summed E-state index contributed by atoms with van der Waals surface area (Å²) in [5.41, 5.74) is 11.4. The van der Waals surface area contributed by atoms with Crippen LogP contribution in [0.3, 0.4) is 0 Å². The van der Waals surface area contributed by atoms with Crippen molar-refractivity contribution in [1.82, 2.24) is 4.98 Å². The van der Waals surface area contributed by atoms with Gasteiger partial charge in [-0.05, 0) is 13.3 Å². The lowest BCUT2D eigenvalue weighted by Gasteiger charge is -2.01. The van der Waals surface area contributed by atoms with Crippen LogP contribution in [0.1, 0.15) is 17.6 Å². The smallest absolute Gasteiger partial charge is 0.246 e. The molecule has 0 bridgehead atoms. The summed E-state index contributed by atoms with van der Waals surface area (Å²) in [6.45, 7) is 3.76. The Hall–Kier alpha value is -0.220. The van der Waals surface area contributed by atoms with E-state index in [0.717, 1.165) is 11.4 Å². The van der Waals surface area contributed by atoms with Crippen molar-refractivity contribution in [1.29, 1.82) is 0 Å². The Morgan fingerprint density at radius 1 is 1.58 bits per heavy atom. The maximum Gasteiger partial charge on any atom is 0.246 e. The number of rotatable bonds is 2. The maximum absolute atomic E-state index is 11.3. The fraction of sp³-hybridized carbons (Fsp3) is 0.500. The highest BCUT2D eigenvalue weighted by Gasteiger charge is 2.19. The molecule has 0 radical (unpaired) electrons. The number of aryl methyl sites for hydroxylation is 2. The average molecular weight is 205 g/mol. The molecule has 0 spiro atoms. The van der Waals surface area contributed by atoms with Crippen LogP contribution in [0.5, 0.6) is 0 Å². The molecule has 68 valence electrons. The Labute approximate surface area is 75.5 Å². The highest BCUT2D eigenvalue weighted by Crippen LogP contribution is 2.29. The molecule has 1 rings (SSSR count). The molecule has 0 aliphatic carbocycles. The number of thiazole rings is 1. The first-order valence-corrected chi connectivity index (χ1v) is 6.25. The molecule has 6 heteroatoms. The second kappa shape index (κ2) is 3.26. The van der Waals surface area contributed by atoms with Crippen molar-refractivity contribution in [3.8, 4) is 0 Å². The highest BCUT2D eigenvalue weighted by atomic mass is 32.1. The minimum absolute atomic E-state index is 0.541. The van der Waals surface area contributed by atoms with Gasteiger partial charge in [-0.2, -0.15) is 0 Å². The first-order chi connectivity index (χ1) is 5.45. The predicted octanol–water partition coefficient (Wildman–Crippen LogP) is 0.750. The van der Waals surface area contributed by atoms with E-state index >= 15 is 0 Å². The molecular formula is C6H12N3OPS. The standard InChI is InChI=1S/C6H12N3OPS/c1-3-5-9-4(2)6(12-5)11(7,8)10/h3H2,1-2H3,(H4,7,8,10). The molecule has 0 amide bonds. The monoisotopic (exact) mass is 205 g/mol. The van der Waals surface area contributed by atoms with Gasteiger partial charge in [0.15, 0.2) is 0 Å². The molecule has 4 nitrogen and oxygen atoms in total. The molecule has 1 heterocycles. The molecule has 0 aliphatic rings. The van der Waals surface area contributed by atoms with Crippen molar-refractivity contribution in [2.24, 2.45) is 11.0 Å². The zero-order valence-electron chi connectivity index (χ0n) is 7.07. The predicted molar refractivity (Wildman–Crippen MR) is 51.8 cm³/mol. The van der Waals surface area contributed by atoms with Gasteiger partial charge >= 0.3 is 0 Å². The molecule has 0 aliphatic heterocycles. The zero-order valence-corrected chi connectivity index (χ0v) is 8.78. The summed E-state index contributed by atoms with van der Waals surface area (Å²) in [7, 11) is -3.09. The lowest BCUT2D eigenvalue weighted by atomic mass is 10.5. The van der Waals surface area contributed by atoms with Crippen molar-refractivity contribution < 1.29 is 4.57 Å². The van der Waals surface area contributed by atoms with E-state index in [-0.39, 0.29) is 0 Å². The number of nitrogens with two attached hydrogens (primary N) is 2. The lowest BCUT2D eigenvalue weighted by molar-refractivity contribution is 0.583. The molecule has 4 N–H and O–H groups in total. The van der Waals surface area contributed by atoms with Gasteiger partial charge in [-0.1, -0.05) is 6.92 Å². The van der Waals surface area contributed by atoms with Crippen LogP contribution in [0.25, 0.3) is 0 Å². The molecule has 1 aromatic rings. The van der Waals surface area contributed by atoms with Crippen molar-refractivity contribution in [3.05, 3.63) is 10.7 Å². The Bertz CT molecular complexity index is 330. The van der Waals surface area contributed by atoms with Crippen molar-refractivity contribution in [3.63, 3.8) is 0 Å². The van der Waals surface area contributed by atoms with E-state index in [9.17, 15) is 4.57 Å². The Kier molecular flexibility index (Phi) is 2.68. The fourth-order valence-corrected chi connectivity index (χ4v) is 3.10. The topological polar surface area (TPSA) is 82.0 Å². The summed E-state index contributed by atoms with van der Waals surface area (Å²) >= 11 is 1.34. The first-order valence-electron chi connectivity index (χ1n) is 3.59. The van der Waals surface area contributed by atoms with E-state index in [1.54, 1.807) is 6.92 Å². The molecule has 1 aromatic heterocycles. The number of aromatic nitrogens is 1. The van der Waals surface area contributed by atoms with Gasteiger partial charge in [-0.3, -0.25) is 15.6 Å². The second-order valence-corrected chi connectivity index (χ2v) is 5.81. The maximum atomic E-state index is 11.3. The van der Waals surface area contributed by atoms with Gasteiger partial charge < -0.3 is 0 Å². The quantitative estimate of drug-likeness (QED) is 0.698. The van der Waals surface area contributed by atoms with Crippen LogP contribution in [-0.4, -0.2) is 4.98 Å². The SMILES string of the molecule is CCc1nc(C)c(P(N)(N)=O)s1. The van der Waals surface area contributed by atoms with E-state index in [4.69, 9.17) is 11.0 Å². The molecule has 0 unspecified atom stereocenters. The first kappa shape index (κ1) is 9.86. The number of hydrogen-bond donors (Lipinski definition) is 2. The third-order valence-corrected chi connectivity index (χ3v) is 4.63. The van der Waals surface area contributed by atoms with E-state index in [0.29, 0.717) is 10.3 Å². The minimum Gasteiger partial charge on any atom is -0.283 e. The minimum atomic E-state index is -3.09. The van der Waals surface area contributed by atoms with Crippen LogP contribution in [-0.2, 0) is 11.0 Å². The molecular weight excluding hydrogens is 193 g/mol. The summed E-state index contributed by atoms with van der Waals surface area (Å²) in [6, 6.07) is 0. The van der Waals surface area contributed by atoms with Gasteiger partial charge in [0.1, 0.15) is 4.62 Å². The number of nitrogens with zero attached hydrogens (tertiary/aromatic N) is 1. The van der Waals surface area contributed by atoms with Crippen LogP contribution in [0, 0.1) is 6.92 Å². The lowest BCUT2D eigenvalue weighted by Crippen LogP contribution is -2.17. The van der Waals surface area contributed by atoms with Crippen molar-refractivity contribution in [2.75, 3.05) is 0 Å². The molecule has 0 saturated heterocycles. The van der Waals surface area contributed by atoms with Crippen LogP contribution in [0.15, 0.2) is 0 Å². The summed E-state index contributed by atoms with van der Waals surface area (Å²) in [5.74, 6) is 0. The van der Waals surface area contributed by atoms with Gasteiger partial charge in [0.2, 0.25) is 7.44 Å². The van der Waals surface area contributed by atoms with Crippen molar-refractivity contribution >= 4 is 23.4 Å². The van der Waals surface area contributed by atoms with Gasteiger partial charge in [0.05, 0.1) is 10.7 Å². The second-order valence-electron chi connectivity index (χ2n) is 2.56. The van der Waals surface area contributed by atoms with E-state index in [2.05, 4.69) is 4.98 Å². The molecule has 0 fully saturated rings. The third kappa shape index (κ3) is 1.93. The molecule has 0 atom stereocenters. The Balaban J connectivity index is 3.17.